The topological polar surface area (TPSA) is 108 Å². The lowest BCUT2D eigenvalue weighted by molar-refractivity contribution is 0.0944. The molecule has 0 unspecified atom stereocenters. The van der Waals surface area contributed by atoms with Gasteiger partial charge in [0.05, 0.1) is 17.6 Å². The van der Waals surface area contributed by atoms with E-state index in [1.807, 2.05) is 29.7 Å². The third-order valence-corrected chi connectivity index (χ3v) is 3.29. The van der Waals surface area contributed by atoms with Crippen molar-refractivity contribution in [3.05, 3.63) is 52.3 Å². The Bertz CT molecular complexity index is 873. The van der Waals surface area contributed by atoms with E-state index < -0.39 is 5.91 Å². The number of benzene rings is 1. The van der Waals surface area contributed by atoms with Crippen molar-refractivity contribution in [2.75, 3.05) is 0 Å². The van der Waals surface area contributed by atoms with Crippen LogP contribution in [0.2, 0.25) is 0 Å². The molecule has 3 N–H and O–H groups in total. The minimum Gasteiger partial charge on any atom is -0.359 e. The van der Waals surface area contributed by atoms with E-state index in [-0.39, 0.29) is 17.9 Å². The van der Waals surface area contributed by atoms with Crippen LogP contribution in [0.3, 0.4) is 0 Å². The fourth-order valence-corrected chi connectivity index (χ4v) is 2.24. The molecule has 0 bridgehead atoms. The number of hydrazine groups is 1. The lowest BCUT2D eigenvalue weighted by Gasteiger charge is -1.98. The zero-order chi connectivity index (χ0) is 15.0. The Morgan fingerprint density at radius 3 is 2.81 bits per heavy atom. The summed E-state index contributed by atoms with van der Waals surface area (Å²) in [7, 11) is 1.70. The average molecular weight is 287 g/mol. The number of carbonyl (C=O) groups is 1. The highest BCUT2D eigenvalue weighted by atomic mass is 16.5. The maximum atomic E-state index is 12.3. The summed E-state index contributed by atoms with van der Waals surface area (Å²) < 4.78 is 8.18. The SMILES string of the molecule is Cn1c(=O)n(Cc2cc(C(=O)NN)no2)c2ccccc21. The van der Waals surface area contributed by atoms with Gasteiger partial charge < -0.3 is 4.52 Å². The molecule has 1 amide bonds. The Kier molecular flexibility index (Phi) is 3.07. The molecule has 0 fully saturated rings. The van der Waals surface area contributed by atoms with Gasteiger partial charge in [-0.15, -0.1) is 0 Å². The van der Waals surface area contributed by atoms with Crippen LogP contribution in [0.15, 0.2) is 39.6 Å². The number of aryl methyl sites for hydroxylation is 1. The number of hydrogen-bond donors (Lipinski definition) is 2. The Morgan fingerprint density at radius 2 is 2.10 bits per heavy atom. The molecule has 0 aliphatic rings. The van der Waals surface area contributed by atoms with Crippen LogP contribution in [-0.2, 0) is 13.6 Å². The quantitative estimate of drug-likeness (QED) is 0.400. The second-order valence-electron chi connectivity index (χ2n) is 4.57. The van der Waals surface area contributed by atoms with Gasteiger partial charge in [0.25, 0.3) is 5.91 Å². The van der Waals surface area contributed by atoms with Gasteiger partial charge in [0.2, 0.25) is 0 Å². The lowest BCUT2D eigenvalue weighted by atomic mass is 10.3. The number of nitrogens with two attached hydrogens (primary N) is 1. The van der Waals surface area contributed by atoms with Gasteiger partial charge in [-0.25, -0.2) is 10.6 Å². The van der Waals surface area contributed by atoms with Crippen molar-refractivity contribution in [2.45, 2.75) is 6.54 Å². The van der Waals surface area contributed by atoms with Crippen LogP contribution in [0.25, 0.3) is 11.0 Å². The van der Waals surface area contributed by atoms with Crippen LogP contribution in [-0.4, -0.2) is 20.2 Å². The highest BCUT2D eigenvalue weighted by molar-refractivity contribution is 5.91. The second kappa shape index (κ2) is 4.91. The molecule has 0 saturated heterocycles. The van der Waals surface area contributed by atoms with Crippen LogP contribution >= 0.6 is 0 Å². The van der Waals surface area contributed by atoms with Crippen LogP contribution in [0.4, 0.5) is 0 Å². The van der Waals surface area contributed by atoms with Crippen LogP contribution in [0, 0.1) is 0 Å². The van der Waals surface area contributed by atoms with Gasteiger partial charge in [0.15, 0.2) is 11.5 Å². The zero-order valence-corrected chi connectivity index (χ0v) is 11.2. The van der Waals surface area contributed by atoms with Crippen molar-refractivity contribution < 1.29 is 9.32 Å². The molecule has 21 heavy (non-hydrogen) atoms. The molecule has 2 heterocycles. The molecule has 8 heteroatoms. The van der Waals surface area contributed by atoms with E-state index in [9.17, 15) is 9.59 Å². The number of amides is 1. The molecular weight excluding hydrogens is 274 g/mol. The summed E-state index contributed by atoms with van der Waals surface area (Å²) in [5.41, 5.74) is 3.48. The predicted molar refractivity (Wildman–Crippen MR) is 74.4 cm³/mol. The van der Waals surface area contributed by atoms with Crippen molar-refractivity contribution in [1.82, 2.24) is 19.7 Å². The van der Waals surface area contributed by atoms with E-state index in [0.29, 0.717) is 5.76 Å². The summed E-state index contributed by atoms with van der Waals surface area (Å²) in [6.45, 7) is 0.186. The van der Waals surface area contributed by atoms with Gasteiger partial charge in [-0.05, 0) is 12.1 Å². The molecule has 3 rings (SSSR count). The molecule has 0 atom stereocenters. The third kappa shape index (κ3) is 2.11. The molecule has 0 radical (unpaired) electrons. The van der Waals surface area contributed by atoms with Gasteiger partial charge in [0, 0.05) is 13.1 Å². The van der Waals surface area contributed by atoms with Crippen LogP contribution in [0.1, 0.15) is 16.2 Å². The zero-order valence-electron chi connectivity index (χ0n) is 11.2. The number of hydrogen-bond acceptors (Lipinski definition) is 5. The van der Waals surface area contributed by atoms with Crippen molar-refractivity contribution in [3.63, 3.8) is 0 Å². The van der Waals surface area contributed by atoms with Gasteiger partial charge in [-0.2, -0.15) is 0 Å². The van der Waals surface area contributed by atoms with E-state index in [2.05, 4.69) is 5.16 Å². The lowest BCUT2D eigenvalue weighted by Crippen LogP contribution is -2.30. The highest BCUT2D eigenvalue weighted by Crippen LogP contribution is 2.14. The summed E-state index contributed by atoms with van der Waals surface area (Å²) in [6.07, 6.45) is 0. The number of rotatable bonds is 3. The van der Waals surface area contributed by atoms with E-state index in [1.54, 1.807) is 16.2 Å². The number of aromatic nitrogens is 3. The van der Waals surface area contributed by atoms with Gasteiger partial charge in [0.1, 0.15) is 0 Å². The van der Waals surface area contributed by atoms with E-state index in [1.165, 1.54) is 6.07 Å². The first-order valence-electron chi connectivity index (χ1n) is 6.22. The maximum absolute atomic E-state index is 12.3. The molecule has 3 aromatic rings. The molecule has 2 aromatic heterocycles. The minimum atomic E-state index is -0.546. The summed E-state index contributed by atoms with van der Waals surface area (Å²) in [5, 5.41) is 3.61. The highest BCUT2D eigenvalue weighted by Gasteiger charge is 2.15. The number of nitrogen functional groups attached to an aromatic ring is 1. The maximum Gasteiger partial charge on any atom is 0.329 e. The Balaban J connectivity index is 2.02. The molecular formula is C13H13N5O3. The van der Waals surface area contributed by atoms with Gasteiger partial charge >= 0.3 is 5.69 Å². The minimum absolute atomic E-state index is 0.0702. The Morgan fingerprint density at radius 1 is 1.38 bits per heavy atom. The number of nitrogens with zero attached hydrogens (tertiary/aromatic N) is 3. The molecule has 0 aliphatic heterocycles. The van der Waals surface area contributed by atoms with Crippen molar-refractivity contribution in [1.29, 1.82) is 0 Å². The van der Waals surface area contributed by atoms with E-state index in [4.69, 9.17) is 10.4 Å². The van der Waals surface area contributed by atoms with E-state index in [0.717, 1.165) is 11.0 Å². The number of fused-ring (bicyclic) bond motifs is 1. The summed E-state index contributed by atoms with van der Waals surface area (Å²) in [6, 6.07) is 8.88. The Labute approximate surface area is 118 Å². The first kappa shape index (κ1) is 13.1. The summed E-state index contributed by atoms with van der Waals surface area (Å²) in [5.74, 6) is 4.88. The smallest absolute Gasteiger partial charge is 0.329 e. The molecule has 0 spiro atoms. The van der Waals surface area contributed by atoms with Crippen molar-refractivity contribution >= 4 is 16.9 Å². The van der Waals surface area contributed by atoms with Crippen molar-refractivity contribution in [3.8, 4) is 0 Å². The first-order chi connectivity index (χ1) is 10.1. The summed E-state index contributed by atoms with van der Waals surface area (Å²) in [4.78, 5) is 23.6. The molecule has 1 aromatic carbocycles. The monoisotopic (exact) mass is 287 g/mol. The normalized spacial score (nSPS) is 11.0. The fraction of sp³-hybridized carbons (Fsp3) is 0.154. The average Bonchev–Trinajstić information content (AvgIpc) is 3.07. The number of para-hydroxylation sites is 2. The molecule has 0 saturated carbocycles. The summed E-state index contributed by atoms with van der Waals surface area (Å²) >= 11 is 0. The molecule has 8 nitrogen and oxygen atoms in total. The number of imidazole rings is 1. The molecule has 0 aliphatic carbocycles. The van der Waals surface area contributed by atoms with E-state index >= 15 is 0 Å². The van der Waals surface area contributed by atoms with Crippen molar-refractivity contribution in [2.24, 2.45) is 12.9 Å². The largest absolute Gasteiger partial charge is 0.359 e. The van der Waals surface area contributed by atoms with Crippen LogP contribution in [0.5, 0.6) is 0 Å². The fourth-order valence-electron chi connectivity index (χ4n) is 2.24. The van der Waals surface area contributed by atoms with Crippen LogP contribution < -0.4 is 17.0 Å². The Hall–Kier alpha value is -2.87. The third-order valence-electron chi connectivity index (χ3n) is 3.29. The van der Waals surface area contributed by atoms with Gasteiger partial charge in [-0.3, -0.25) is 19.4 Å². The standard InChI is InChI=1S/C13H13N5O3/c1-17-10-4-2-3-5-11(10)18(13(17)20)7-8-6-9(16-21-8)12(19)15-14/h2-6H,7,14H2,1H3,(H,15,19). The second-order valence-corrected chi connectivity index (χ2v) is 4.57. The molecule has 108 valence electrons. The van der Waals surface area contributed by atoms with Gasteiger partial charge in [-0.1, -0.05) is 17.3 Å². The number of nitrogens with one attached hydrogen (secondary N) is 1. The number of carbonyl (C=O) groups excluding carboxylic acids is 1. The predicted octanol–water partition coefficient (Wildman–Crippen LogP) is -0.0202. The first-order valence-corrected chi connectivity index (χ1v) is 6.22.